The molecule has 0 spiro atoms. The zero-order valence-electron chi connectivity index (χ0n) is 23.0. The van der Waals surface area contributed by atoms with Crippen molar-refractivity contribution in [2.45, 2.75) is 60.5 Å². The number of benzene rings is 1. The molecule has 2 amide bonds. The third kappa shape index (κ3) is 7.46. The van der Waals surface area contributed by atoms with Crippen LogP contribution in [0, 0.1) is 19.7 Å². The Morgan fingerprint density at radius 1 is 1.21 bits per heavy atom. The molecule has 1 fully saturated rings. The zero-order chi connectivity index (χ0) is 30.6. The molecule has 14 heteroatoms. The van der Waals surface area contributed by atoms with Gasteiger partial charge in [-0.3, -0.25) is 14.5 Å². The number of hydrogen-bond donors (Lipinski definition) is 3. The number of carbonyl (C=O) groups excluding carboxylic acids is 3. The van der Waals surface area contributed by atoms with Gasteiger partial charge >= 0.3 is 5.97 Å². The van der Waals surface area contributed by atoms with Crippen LogP contribution < -0.4 is 20.7 Å². The Balaban J connectivity index is 1.36. The first-order chi connectivity index (χ1) is 20.0. The van der Waals surface area contributed by atoms with Gasteiger partial charge in [0.2, 0.25) is 5.91 Å². The van der Waals surface area contributed by atoms with Crippen molar-refractivity contribution in [1.82, 2.24) is 10.2 Å². The largest absolute Gasteiger partial charge is 0.548 e. The number of fused-ring (bicyclic) bond motifs is 1. The van der Waals surface area contributed by atoms with Crippen molar-refractivity contribution in [1.29, 1.82) is 0 Å². The van der Waals surface area contributed by atoms with E-state index in [1.807, 2.05) is 26.0 Å². The van der Waals surface area contributed by atoms with E-state index in [9.17, 15) is 33.8 Å². The van der Waals surface area contributed by atoms with Crippen molar-refractivity contribution in [3.8, 4) is 0 Å². The molecule has 1 aromatic heterocycles. The molecule has 0 saturated carbocycles. The molecule has 224 valence electrons. The van der Waals surface area contributed by atoms with Crippen LogP contribution in [-0.4, -0.2) is 68.5 Å². The number of carbonyl (C=O) groups is 4. The van der Waals surface area contributed by atoms with Gasteiger partial charge < -0.3 is 26.1 Å². The quantitative estimate of drug-likeness (QED) is 0.166. The summed E-state index contributed by atoms with van der Waals surface area (Å²) in [5.74, 6) is -2.95. The molecule has 2 aromatic rings. The van der Waals surface area contributed by atoms with Crippen LogP contribution in [0.15, 0.2) is 57.5 Å². The summed E-state index contributed by atoms with van der Waals surface area (Å²) in [6, 6.07) is 8.02. The minimum absolute atomic E-state index is 0.00258. The molecular weight excluding hydrogens is 604 g/mol. The maximum Gasteiger partial charge on any atom is 0.352 e. The van der Waals surface area contributed by atoms with Gasteiger partial charge in [-0.25, -0.2) is 13.8 Å². The van der Waals surface area contributed by atoms with Gasteiger partial charge in [0.1, 0.15) is 29.5 Å². The number of β-lactam (4-membered cyclic amide) rings is 1. The van der Waals surface area contributed by atoms with Crippen molar-refractivity contribution >= 4 is 59.0 Å². The van der Waals surface area contributed by atoms with Crippen molar-refractivity contribution in [3.63, 3.8) is 0 Å². The van der Waals surface area contributed by atoms with Crippen molar-refractivity contribution in [2.24, 2.45) is 5.73 Å². The summed E-state index contributed by atoms with van der Waals surface area (Å²) in [5, 5.41) is 23.0. The first-order valence-corrected chi connectivity index (χ1v) is 16.2. The van der Waals surface area contributed by atoms with Crippen LogP contribution in [0.2, 0.25) is 0 Å². The second-order valence-corrected chi connectivity index (χ2v) is 13.1. The topological polar surface area (TPSA) is 157 Å². The van der Waals surface area contributed by atoms with E-state index in [2.05, 4.69) is 9.88 Å². The molecule has 0 unspecified atom stereocenters. The summed E-state index contributed by atoms with van der Waals surface area (Å²) in [6.07, 6.45) is 0.890. The van der Waals surface area contributed by atoms with Crippen molar-refractivity contribution in [3.05, 3.63) is 64.9 Å². The molecule has 2 aliphatic heterocycles. The molecular formula is C28H31FN4O6S3. The van der Waals surface area contributed by atoms with E-state index in [0.29, 0.717) is 41.4 Å². The molecule has 0 radical (unpaired) electrons. The van der Waals surface area contributed by atoms with E-state index in [1.165, 1.54) is 40.6 Å². The van der Waals surface area contributed by atoms with Crippen LogP contribution in [0.3, 0.4) is 0 Å². The Hall–Kier alpha value is -3.07. The number of nitrogens with zero attached hydrogens (tertiary/aromatic N) is 2. The Labute approximate surface area is 255 Å². The van der Waals surface area contributed by atoms with Gasteiger partial charge in [-0.05, 0) is 30.2 Å². The van der Waals surface area contributed by atoms with Crippen LogP contribution in [0.25, 0.3) is 0 Å². The van der Waals surface area contributed by atoms with E-state index in [0.717, 1.165) is 28.0 Å². The highest BCUT2D eigenvalue weighted by molar-refractivity contribution is 8.01. The minimum Gasteiger partial charge on any atom is -0.548 e. The third-order valence-electron chi connectivity index (χ3n) is 6.90. The molecule has 10 nitrogen and oxygen atoms in total. The molecule has 0 bridgehead atoms. The molecule has 3 atom stereocenters. The number of hydrogen-bond acceptors (Lipinski definition) is 9. The van der Waals surface area contributed by atoms with Crippen LogP contribution in [0.4, 0.5) is 4.39 Å². The monoisotopic (exact) mass is 634 g/mol. The predicted octanol–water partition coefficient (Wildman–Crippen LogP) is 1.21. The fourth-order valence-electron chi connectivity index (χ4n) is 4.80. The zero-order valence-corrected chi connectivity index (χ0v) is 25.5. The first kappa shape index (κ1) is 31.9. The Morgan fingerprint density at radius 2 is 1.93 bits per heavy atom. The van der Waals surface area contributed by atoms with Crippen LogP contribution in [-0.2, 0) is 25.7 Å². The molecule has 3 heterocycles. The second kappa shape index (κ2) is 13.9. The molecule has 0 aliphatic carbocycles. The predicted molar refractivity (Wildman–Crippen MR) is 156 cm³/mol. The van der Waals surface area contributed by atoms with Crippen molar-refractivity contribution in [2.75, 3.05) is 17.3 Å². The maximum atomic E-state index is 13.4. The van der Waals surface area contributed by atoms with E-state index in [1.54, 1.807) is 12.1 Å². The molecule has 4 N–H and O–H groups in total. The van der Waals surface area contributed by atoms with Crippen LogP contribution in [0.1, 0.15) is 24.2 Å². The van der Waals surface area contributed by atoms with Gasteiger partial charge in [-0.15, -0.1) is 35.3 Å². The van der Waals surface area contributed by atoms with E-state index >= 15 is 0 Å². The number of carboxylic acids is 2. The number of thioether (sulfide) groups is 3. The summed E-state index contributed by atoms with van der Waals surface area (Å²) in [6.45, 7) is 4.50. The fraction of sp³-hybridized carbons (Fsp3) is 0.393. The number of aryl methyl sites for hydroxylation is 2. The standard InChI is InChI=1S/C28H31FN4O6S3/c1-15-9-20(10-16(2)32(15)8-4-7-21(30)27(36)37)40-12-17-13-42-26-23(25(35)33(26)24(17)28(38)39)31-22(34)14-41-19-6-3-5-18(29)11-19/h3,5-6,9-11,21,23,26H,4,7-8,12-14,30H2,1-2H3,(H2-,31,34,36,37,38,39)/t21-,23+,26+/m0/s1. The number of aliphatic carboxylic acids is 2. The maximum absolute atomic E-state index is 13.4. The summed E-state index contributed by atoms with van der Waals surface area (Å²) in [7, 11) is 0. The molecule has 4 rings (SSSR count). The number of amides is 2. The van der Waals surface area contributed by atoms with Gasteiger partial charge in [-0.1, -0.05) is 6.07 Å². The number of aromatic nitrogens is 1. The van der Waals surface area contributed by atoms with Gasteiger partial charge in [0.05, 0.1) is 11.7 Å². The van der Waals surface area contributed by atoms with Crippen molar-refractivity contribution < 1.29 is 38.3 Å². The number of nitrogens with two attached hydrogens (primary N) is 1. The normalized spacial score (nSPS) is 18.8. The Morgan fingerprint density at radius 3 is 2.57 bits per heavy atom. The fourth-order valence-corrected chi connectivity index (χ4v) is 8.11. The van der Waals surface area contributed by atoms with Gasteiger partial charge in [0.25, 0.3) is 5.91 Å². The second-order valence-electron chi connectivity index (χ2n) is 9.94. The van der Waals surface area contributed by atoms with E-state index in [-0.39, 0.29) is 17.4 Å². The number of nitrogens with one attached hydrogen (secondary N) is 1. The van der Waals surface area contributed by atoms with E-state index < -0.39 is 41.1 Å². The van der Waals surface area contributed by atoms with Crippen LogP contribution >= 0.6 is 35.3 Å². The lowest BCUT2D eigenvalue weighted by molar-refractivity contribution is -0.709. The first-order valence-electron chi connectivity index (χ1n) is 13.1. The summed E-state index contributed by atoms with van der Waals surface area (Å²) < 4.78 is 15.4. The highest BCUT2D eigenvalue weighted by atomic mass is 32.2. The number of carboxylic acid groups (broad SMARTS) is 2. The lowest BCUT2D eigenvalue weighted by Gasteiger charge is -2.49. The average molecular weight is 635 g/mol. The summed E-state index contributed by atoms with van der Waals surface area (Å²) >= 11 is 4.03. The molecule has 1 saturated heterocycles. The molecule has 42 heavy (non-hydrogen) atoms. The summed E-state index contributed by atoms with van der Waals surface area (Å²) in [4.78, 5) is 51.3. The number of pyridine rings is 1. The summed E-state index contributed by atoms with van der Waals surface area (Å²) in [5.41, 5.74) is 8.06. The van der Waals surface area contributed by atoms with E-state index in [4.69, 9.17) is 5.73 Å². The lowest BCUT2D eigenvalue weighted by atomic mass is 10.0. The number of halogens is 1. The smallest absolute Gasteiger partial charge is 0.352 e. The Bertz CT molecular complexity index is 1420. The van der Waals surface area contributed by atoms with Gasteiger partial charge in [0, 0.05) is 59.7 Å². The Kier molecular flexibility index (Phi) is 10.6. The number of rotatable bonds is 13. The molecule has 1 aromatic carbocycles. The van der Waals surface area contributed by atoms with Gasteiger partial charge in [0.15, 0.2) is 11.4 Å². The highest BCUT2D eigenvalue weighted by Crippen LogP contribution is 2.41. The average Bonchev–Trinajstić information content (AvgIpc) is 2.94. The minimum atomic E-state index is -1.26. The van der Waals surface area contributed by atoms with Gasteiger partial charge in [-0.2, -0.15) is 0 Å². The SMILES string of the molecule is Cc1cc(SCC2=C(C(=O)O)N3C(=O)[C@@H](NC(=O)CSc4cccc(F)c4)[C@H]3SC2)cc(C)[n+]1CCC[C@H](N)C(=O)[O-]. The lowest BCUT2D eigenvalue weighted by Crippen LogP contribution is -2.70. The molecule has 2 aliphatic rings. The third-order valence-corrected chi connectivity index (χ3v) is 10.3. The van der Waals surface area contributed by atoms with Crippen LogP contribution in [0.5, 0.6) is 0 Å². The highest BCUT2D eigenvalue weighted by Gasteiger charge is 2.54.